The summed E-state index contributed by atoms with van der Waals surface area (Å²) in [5, 5.41) is 0. The molecule has 0 saturated carbocycles. The van der Waals surface area contributed by atoms with Crippen molar-refractivity contribution in [1.29, 1.82) is 0 Å². The predicted octanol–water partition coefficient (Wildman–Crippen LogP) is -0.171. The van der Waals surface area contributed by atoms with E-state index >= 15 is 0 Å². The smallest absolute Gasteiger partial charge is 0.244 e. The maximum atomic E-state index is 12.8. The highest BCUT2D eigenvalue weighted by molar-refractivity contribution is 7.89. The molecule has 2 saturated heterocycles. The first-order chi connectivity index (χ1) is 13.3. The zero-order chi connectivity index (χ0) is 20.2. The molecule has 2 aliphatic heterocycles. The highest BCUT2D eigenvalue weighted by Crippen LogP contribution is 2.24. The number of rotatable bonds is 8. The Morgan fingerprint density at radius 2 is 1.96 bits per heavy atom. The van der Waals surface area contributed by atoms with Crippen LogP contribution in [0.2, 0.25) is 0 Å². The van der Waals surface area contributed by atoms with Gasteiger partial charge in [-0.2, -0.15) is 8.61 Å². The lowest BCUT2D eigenvalue weighted by atomic mass is 10.2. The minimum absolute atomic E-state index is 0.133. The molecular formula is C17H28N4O5S2. The van der Waals surface area contributed by atoms with Crippen molar-refractivity contribution in [3.8, 4) is 0 Å². The summed E-state index contributed by atoms with van der Waals surface area (Å²) >= 11 is 0. The van der Waals surface area contributed by atoms with Crippen LogP contribution in [0.3, 0.4) is 0 Å². The van der Waals surface area contributed by atoms with Crippen LogP contribution in [0, 0.1) is 0 Å². The van der Waals surface area contributed by atoms with E-state index in [0.29, 0.717) is 39.1 Å². The number of morpholine rings is 1. The molecular weight excluding hydrogens is 404 g/mol. The molecule has 11 heteroatoms. The van der Waals surface area contributed by atoms with Gasteiger partial charge in [0, 0.05) is 51.2 Å². The van der Waals surface area contributed by atoms with E-state index in [4.69, 9.17) is 4.74 Å². The molecule has 28 heavy (non-hydrogen) atoms. The summed E-state index contributed by atoms with van der Waals surface area (Å²) in [4.78, 5) is 6.27. The van der Waals surface area contributed by atoms with Gasteiger partial charge >= 0.3 is 0 Å². The van der Waals surface area contributed by atoms with Crippen molar-refractivity contribution in [2.75, 3.05) is 58.7 Å². The highest BCUT2D eigenvalue weighted by Gasteiger charge is 2.38. The van der Waals surface area contributed by atoms with Crippen molar-refractivity contribution >= 4 is 20.0 Å². The summed E-state index contributed by atoms with van der Waals surface area (Å²) in [6, 6.07) is 2.74. The Morgan fingerprint density at radius 3 is 2.61 bits per heavy atom. The normalized spacial score (nSPS) is 22.7. The first-order valence-electron chi connectivity index (χ1n) is 9.45. The van der Waals surface area contributed by atoms with Gasteiger partial charge in [-0.25, -0.2) is 16.8 Å². The van der Waals surface area contributed by atoms with Crippen LogP contribution in [0.1, 0.15) is 12.8 Å². The number of nitrogens with zero attached hydrogens (tertiary/aromatic N) is 4. The van der Waals surface area contributed by atoms with E-state index in [1.165, 1.54) is 33.3 Å². The van der Waals surface area contributed by atoms with Gasteiger partial charge in [0.15, 0.2) is 0 Å². The van der Waals surface area contributed by atoms with Gasteiger partial charge in [0.2, 0.25) is 20.0 Å². The van der Waals surface area contributed by atoms with Crippen molar-refractivity contribution in [1.82, 2.24) is 18.5 Å². The molecule has 0 aromatic carbocycles. The number of pyridine rings is 1. The Hall–Kier alpha value is -1.11. The molecule has 1 aromatic heterocycles. The molecule has 0 bridgehead atoms. The number of ether oxygens (including phenoxy) is 1. The van der Waals surface area contributed by atoms with E-state index in [2.05, 4.69) is 9.88 Å². The van der Waals surface area contributed by atoms with Gasteiger partial charge in [0.1, 0.15) is 4.90 Å². The fraction of sp³-hybridized carbons (Fsp3) is 0.706. The van der Waals surface area contributed by atoms with Crippen LogP contribution in [0.4, 0.5) is 0 Å². The van der Waals surface area contributed by atoms with Crippen LogP contribution in [0.15, 0.2) is 29.4 Å². The molecule has 1 atom stereocenters. The lowest BCUT2D eigenvalue weighted by Gasteiger charge is -2.30. The topological polar surface area (TPSA) is 100 Å². The molecule has 0 aliphatic carbocycles. The third kappa shape index (κ3) is 5.28. The lowest BCUT2D eigenvalue weighted by molar-refractivity contribution is 0.0366. The van der Waals surface area contributed by atoms with Crippen LogP contribution in [-0.4, -0.2) is 100 Å². The zero-order valence-corrected chi connectivity index (χ0v) is 17.7. The van der Waals surface area contributed by atoms with Gasteiger partial charge in [-0.15, -0.1) is 0 Å². The van der Waals surface area contributed by atoms with Crippen molar-refractivity contribution < 1.29 is 21.6 Å². The molecule has 0 radical (unpaired) electrons. The van der Waals surface area contributed by atoms with Crippen molar-refractivity contribution in [2.45, 2.75) is 23.8 Å². The lowest BCUT2D eigenvalue weighted by Crippen LogP contribution is -2.44. The Morgan fingerprint density at radius 1 is 1.21 bits per heavy atom. The average molecular weight is 433 g/mol. The summed E-state index contributed by atoms with van der Waals surface area (Å²) in [5.41, 5.74) is 0. The summed E-state index contributed by atoms with van der Waals surface area (Å²) in [5.74, 6) is 0. The molecule has 3 heterocycles. The van der Waals surface area contributed by atoms with E-state index < -0.39 is 20.0 Å². The Labute approximate surface area is 167 Å². The van der Waals surface area contributed by atoms with E-state index in [0.717, 1.165) is 19.6 Å². The molecule has 9 nitrogen and oxygen atoms in total. The third-order valence-corrected chi connectivity index (χ3v) is 8.37. The van der Waals surface area contributed by atoms with Crippen LogP contribution in [0.25, 0.3) is 0 Å². The Balaban J connectivity index is 1.62. The molecule has 1 unspecified atom stereocenters. The molecule has 0 amide bonds. The minimum atomic E-state index is -3.66. The second kappa shape index (κ2) is 9.14. The molecule has 0 N–H and O–H groups in total. The zero-order valence-electron chi connectivity index (χ0n) is 16.1. The first kappa shape index (κ1) is 21.6. The largest absolute Gasteiger partial charge is 0.379 e. The Kier molecular flexibility index (Phi) is 7.05. The molecule has 2 fully saturated rings. The fourth-order valence-corrected chi connectivity index (χ4v) is 6.34. The van der Waals surface area contributed by atoms with Crippen LogP contribution >= 0.6 is 0 Å². The molecule has 1 aromatic rings. The highest BCUT2D eigenvalue weighted by atomic mass is 32.2. The molecule has 3 rings (SSSR count). The summed E-state index contributed by atoms with van der Waals surface area (Å²) in [7, 11) is -7.09. The number of aromatic nitrogens is 1. The second-order valence-electron chi connectivity index (χ2n) is 7.18. The van der Waals surface area contributed by atoms with Gasteiger partial charge in [0.25, 0.3) is 0 Å². The fourth-order valence-electron chi connectivity index (χ4n) is 3.71. The van der Waals surface area contributed by atoms with E-state index in [1.54, 1.807) is 6.07 Å². The minimum Gasteiger partial charge on any atom is -0.379 e. The number of hydrogen-bond donors (Lipinski definition) is 0. The van der Waals surface area contributed by atoms with Gasteiger partial charge < -0.3 is 4.74 Å². The predicted molar refractivity (Wildman–Crippen MR) is 105 cm³/mol. The van der Waals surface area contributed by atoms with Gasteiger partial charge in [-0.05, 0) is 31.5 Å². The van der Waals surface area contributed by atoms with E-state index in [1.807, 2.05) is 0 Å². The van der Waals surface area contributed by atoms with Crippen LogP contribution in [-0.2, 0) is 24.8 Å². The summed E-state index contributed by atoms with van der Waals surface area (Å²) in [6.07, 6.45) is 5.23. The Bertz CT molecular complexity index is 842. The monoisotopic (exact) mass is 432 g/mol. The van der Waals surface area contributed by atoms with E-state index in [-0.39, 0.29) is 17.5 Å². The van der Waals surface area contributed by atoms with Crippen molar-refractivity contribution in [3.63, 3.8) is 0 Å². The molecule has 0 spiro atoms. The average Bonchev–Trinajstić information content (AvgIpc) is 3.16. The first-order valence-corrected chi connectivity index (χ1v) is 12.7. The van der Waals surface area contributed by atoms with Crippen LogP contribution < -0.4 is 0 Å². The van der Waals surface area contributed by atoms with Gasteiger partial charge in [-0.3, -0.25) is 9.88 Å². The maximum Gasteiger partial charge on any atom is 0.244 e. The maximum absolute atomic E-state index is 12.8. The van der Waals surface area contributed by atoms with Crippen LogP contribution in [0.5, 0.6) is 0 Å². The van der Waals surface area contributed by atoms with Crippen molar-refractivity contribution in [3.05, 3.63) is 24.5 Å². The quantitative estimate of drug-likeness (QED) is 0.562. The van der Waals surface area contributed by atoms with Gasteiger partial charge in [-0.1, -0.05) is 0 Å². The second-order valence-corrected chi connectivity index (χ2v) is 11.0. The molecule has 158 valence electrons. The number of hydrogen-bond acceptors (Lipinski definition) is 7. The summed E-state index contributed by atoms with van der Waals surface area (Å²) < 4.78 is 58.4. The third-order valence-electron chi connectivity index (χ3n) is 5.19. The SMILES string of the molecule is CS(=O)(=O)N(CCCN1CCOCC1)C1CCN(S(=O)(=O)c2cccnc2)C1. The van der Waals surface area contributed by atoms with Crippen molar-refractivity contribution in [2.24, 2.45) is 0 Å². The van der Waals surface area contributed by atoms with Gasteiger partial charge in [0.05, 0.1) is 19.5 Å². The number of sulfonamides is 2. The van der Waals surface area contributed by atoms with E-state index in [9.17, 15) is 16.8 Å². The standard InChI is InChI=1S/C17H28N4O5S2/c1-27(22,23)21(8-3-7-19-10-12-26-13-11-19)16-5-9-20(15-16)28(24,25)17-4-2-6-18-14-17/h2,4,6,14,16H,3,5,7-13,15H2,1H3. The summed E-state index contributed by atoms with van der Waals surface area (Å²) in [6.45, 7) is 4.80. The molecule has 2 aliphatic rings.